The van der Waals surface area contributed by atoms with Gasteiger partial charge in [0.15, 0.2) is 11.6 Å². The van der Waals surface area contributed by atoms with Crippen LogP contribution in [0.25, 0.3) is 0 Å². The number of primary amides is 1. The molecule has 7 rings (SSSR count). The number of thioether (sulfide) groups is 3. The summed E-state index contributed by atoms with van der Waals surface area (Å²) in [4.78, 5) is 191. The van der Waals surface area contributed by atoms with Crippen molar-refractivity contribution in [3.8, 4) is 23.0 Å². The second-order valence-corrected chi connectivity index (χ2v) is 28.8. The van der Waals surface area contributed by atoms with Crippen molar-refractivity contribution < 1.29 is 111 Å². The summed E-state index contributed by atoms with van der Waals surface area (Å²) >= 11 is 3.11. The van der Waals surface area contributed by atoms with Gasteiger partial charge in [-0.1, -0.05) is 30.3 Å². The predicted octanol–water partition coefficient (Wildman–Crippen LogP) is -2.69. The Morgan fingerprint density at radius 2 is 1.23 bits per heavy atom. The molecule has 12 amide bonds. The number of carbonyl (C=O) groups is 14. The first kappa shape index (κ1) is 90.2. The lowest BCUT2D eigenvalue weighted by Crippen LogP contribution is -2.60. The lowest BCUT2D eigenvalue weighted by molar-refractivity contribution is -0.141. The molecule has 3 aliphatic rings. The first-order chi connectivity index (χ1) is 54.7. The first-order valence-corrected chi connectivity index (χ1v) is 40.1. The Morgan fingerprint density at radius 3 is 1.88 bits per heavy atom. The van der Waals surface area contributed by atoms with Crippen LogP contribution in [-0.4, -0.2) is 267 Å². The molecule has 4 aromatic rings. The number of amides is 12. The second kappa shape index (κ2) is 46.3. The molecule has 41 heteroatoms. The van der Waals surface area contributed by atoms with E-state index in [-0.39, 0.29) is 169 Å². The highest BCUT2D eigenvalue weighted by atomic mass is 32.2. The van der Waals surface area contributed by atoms with E-state index in [1.165, 1.54) is 66.4 Å². The van der Waals surface area contributed by atoms with Crippen molar-refractivity contribution in [2.45, 2.75) is 92.8 Å². The van der Waals surface area contributed by atoms with E-state index in [4.69, 9.17) is 45.3 Å². The summed E-state index contributed by atoms with van der Waals surface area (Å²) in [5.41, 5.74) is 10.5. The second-order valence-electron chi connectivity index (χ2n) is 25.9. The molecular formula is C73H95N15O23S3. The lowest BCUT2D eigenvalue weighted by atomic mass is 9.77. The summed E-state index contributed by atoms with van der Waals surface area (Å²) < 4.78 is 33.6. The lowest BCUT2D eigenvalue weighted by Gasteiger charge is -2.36. The number of phenols is 2. The number of nitrogens with one attached hydrogen (secondary N) is 13. The van der Waals surface area contributed by atoms with Crippen LogP contribution in [0.5, 0.6) is 23.0 Å². The van der Waals surface area contributed by atoms with Crippen LogP contribution in [0.15, 0.2) is 84.9 Å². The SMILES string of the molecule is CSC[C@H](NC(=O)[C@H](Cc1ccccc1)NC(=O)[C@@H]1CSCC(=O)N[C@@H](CCCCNC(=O)c2ccc3c(c2)C2(OC3=O)c3ccc(O)cc3Oc3cc(O)ccc32)C(=O)N[C@@H](CSC)C(=O)N[C@@H](CCCNC(=N)N)C(=O)NCC(=O)N[C@@H](CC(=O)O)C(=O)N1)C(=O)NCCOCCOCCOCCNC(=O)COCC(N)=O. The van der Waals surface area contributed by atoms with Gasteiger partial charge in [0.05, 0.1) is 63.9 Å². The third-order valence-corrected chi connectivity index (χ3v) is 19.7. The number of rotatable bonds is 39. The number of phenolic OH excluding ortho intramolecular Hbond substituents is 2. The Kier molecular flexibility index (Phi) is 36.6. The van der Waals surface area contributed by atoms with E-state index < -0.39 is 161 Å². The number of hydrogen-bond donors (Lipinski definition) is 18. The molecule has 618 valence electrons. The topological polar surface area (TPSA) is 575 Å². The third kappa shape index (κ3) is 28.3. The molecule has 1 fully saturated rings. The van der Waals surface area contributed by atoms with E-state index in [0.717, 1.165) is 23.5 Å². The Morgan fingerprint density at radius 1 is 0.614 bits per heavy atom. The number of carboxylic acids is 1. The Balaban J connectivity index is 1.05. The standard InChI is InChI=1S/C73H95N15O23S3/c1-112-37-53(65(99)79-22-24-107-26-28-108-27-25-106-23-21-77-60(93)36-109-35-58(74)91)86-67(101)51(29-41-9-4-3-5-10-41)85-70(104)55-39-114-40-61(94)82-50(66(100)87-54(38-113-2)69(103)84-49(12-8-20-80-72(75)76)64(98)81-34-59(92)83-52(33-62(95)96)68(102)88-55)11-6-7-19-78-63(97)42-13-16-45-48(30-42)73(111-71(45)105)46-17-14-43(89)31-56(46)110-57-32-44(90)15-18-47(57)73/h3-5,9-10,13-18,30-32,49-55,89-90H,6-8,11-12,19-29,33-40H2,1-2H3,(H2,74,91)(H,77,93)(H,78,97)(H,79,99)(H,81,98)(H,82,94)(H,83,92)(H,84,103)(H,85,104)(H,86,101)(H,87,100)(H,88,102)(H,95,96)(H4,75,76,80)/t49-,50-,51-,52-,53-,54-,55-/m0/s1. The van der Waals surface area contributed by atoms with Gasteiger partial charge in [-0.2, -0.15) is 23.5 Å². The van der Waals surface area contributed by atoms with Crippen molar-refractivity contribution in [3.63, 3.8) is 0 Å². The fourth-order valence-corrected chi connectivity index (χ4v) is 13.9. The van der Waals surface area contributed by atoms with Gasteiger partial charge in [-0.3, -0.25) is 67.7 Å². The first-order valence-electron chi connectivity index (χ1n) is 36.1. The highest BCUT2D eigenvalue weighted by Gasteiger charge is 2.54. The van der Waals surface area contributed by atoms with Gasteiger partial charge in [0.25, 0.3) is 5.91 Å². The molecule has 0 saturated carbocycles. The van der Waals surface area contributed by atoms with Crippen LogP contribution in [0.2, 0.25) is 0 Å². The largest absolute Gasteiger partial charge is 0.508 e. The van der Waals surface area contributed by atoms with Crippen molar-refractivity contribution in [2.75, 3.05) is 121 Å². The van der Waals surface area contributed by atoms with E-state index in [1.54, 1.807) is 42.8 Å². The molecule has 7 atom stereocenters. The number of hydrogen-bond acceptors (Lipinski definition) is 26. The Bertz CT molecular complexity index is 4040. The molecule has 38 nitrogen and oxygen atoms in total. The minimum absolute atomic E-state index is 0.00775. The summed E-state index contributed by atoms with van der Waals surface area (Å²) in [6, 6.07) is 10.6. The van der Waals surface area contributed by atoms with Gasteiger partial charge in [-0.15, -0.1) is 11.8 Å². The van der Waals surface area contributed by atoms with E-state index in [1.807, 2.05) is 0 Å². The van der Waals surface area contributed by atoms with Crippen molar-refractivity contribution in [1.29, 1.82) is 5.41 Å². The zero-order chi connectivity index (χ0) is 82.7. The summed E-state index contributed by atoms with van der Waals surface area (Å²) in [5, 5.41) is 69.5. The van der Waals surface area contributed by atoms with Gasteiger partial charge in [0.2, 0.25) is 65.0 Å². The molecule has 3 heterocycles. The number of carboxylic acid groups (broad SMARTS) is 1. The number of unbranched alkanes of at least 4 members (excludes halogenated alkanes) is 1. The number of esters is 1. The molecule has 20 N–H and O–H groups in total. The van der Waals surface area contributed by atoms with Gasteiger partial charge in [0, 0.05) is 84.2 Å². The van der Waals surface area contributed by atoms with E-state index >= 15 is 0 Å². The molecule has 1 saturated heterocycles. The van der Waals surface area contributed by atoms with Crippen LogP contribution in [0.3, 0.4) is 0 Å². The van der Waals surface area contributed by atoms with Crippen LogP contribution in [0.1, 0.15) is 81.5 Å². The highest BCUT2D eigenvalue weighted by Crippen LogP contribution is 2.57. The summed E-state index contributed by atoms with van der Waals surface area (Å²) in [7, 11) is 0. The zero-order valence-electron chi connectivity index (χ0n) is 62.5. The molecule has 0 aliphatic carbocycles. The fourth-order valence-electron chi connectivity index (χ4n) is 11.9. The molecule has 1 spiro atoms. The van der Waals surface area contributed by atoms with Crippen molar-refractivity contribution in [1.82, 2.24) is 63.8 Å². The quantitative estimate of drug-likeness (QED) is 0.00936. The van der Waals surface area contributed by atoms with E-state index in [0.29, 0.717) is 16.7 Å². The number of aromatic hydroxyl groups is 2. The zero-order valence-corrected chi connectivity index (χ0v) is 64.9. The highest BCUT2D eigenvalue weighted by molar-refractivity contribution is 8.00. The van der Waals surface area contributed by atoms with Crippen LogP contribution >= 0.6 is 35.3 Å². The molecule has 4 aromatic carbocycles. The monoisotopic (exact) mass is 1650 g/mol. The van der Waals surface area contributed by atoms with Crippen LogP contribution in [0.4, 0.5) is 0 Å². The van der Waals surface area contributed by atoms with Crippen molar-refractivity contribution >= 4 is 124 Å². The summed E-state index contributed by atoms with van der Waals surface area (Å²) in [5.74, 6) is -13.9. The number of nitrogens with two attached hydrogens (primary N) is 2. The van der Waals surface area contributed by atoms with E-state index in [9.17, 15) is 82.4 Å². The minimum atomic E-state index is -1.93. The smallest absolute Gasteiger partial charge is 0.340 e. The molecule has 3 aliphatic heterocycles. The van der Waals surface area contributed by atoms with Crippen molar-refractivity contribution in [2.24, 2.45) is 11.5 Å². The average Bonchev–Trinajstić information content (AvgIpc) is 1.40. The number of fused-ring (bicyclic) bond motifs is 6. The maximum Gasteiger partial charge on any atom is 0.340 e. The fraction of sp³-hybridized carbons (Fsp3) is 0.466. The number of carbonyl (C=O) groups excluding carboxylic acids is 13. The number of ether oxygens (including phenoxy) is 6. The van der Waals surface area contributed by atoms with Gasteiger partial charge < -0.3 is 119 Å². The van der Waals surface area contributed by atoms with Crippen LogP contribution < -0.4 is 80.0 Å². The predicted molar refractivity (Wildman–Crippen MR) is 415 cm³/mol. The number of guanidine groups is 1. The molecular weight excluding hydrogens is 1550 g/mol. The normalized spacial score (nSPS) is 18.2. The van der Waals surface area contributed by atoms with Crippen LogP contribution in [0, 0.1) is 5.41 Å². The van der Waals surface area contributed by atoms with Crippen LogP contribution in [-0.2, 0) is 93.2 Å². The summed E-state index contributed by atoms with van der Waals surface area (Å²) in [6.07, 6.45) is 2.23. The minimum Gasteiger partial charge on any atom is -0.508 e. The molecule has 114 heavy (non-hydrogen) atoms. The van der Waals surface area contributed by atoms with Gasteiger partial charge >= 0.3 is 11.9 Å². The van der Waals surface area contributed by atoms with Gasteiger partial charge in [-0.25, -0.2) is 4.79 Å². The van der Waals surface area contributed by atoms with Gasteiger partial charge in [-0.05, 0) is 92.6 Å². The van der Waals surface area contributed by atoms with Gasteiger partial charge in [0.1, 0.15) is 78.5 Å². The Hall–Kier alpha value is -11.0. The summed E-state index contributed by atoms with van der Waals surface area (Å²) in [6.45, 7) is -0.404. The maximum absolute atomic E-state index is 14.8. The third-order valence-electron chi connectivity index (χ3n) is 17.3. The average molecular weight is 1650 g/mol. The maximum atomic E-state index is 14.8. The molecule has 0 bridgehead atoms. The van der Waals surface area contributed by atoms with Crippen molar-refractivity contribution in [3.05, 3.63) is 118 Å². The molecule has 0 unspecified atom stereocenters. The number of aliphatic carboxylic acids is 1. The molecule has 0 radical (unpaired) electrons. The van der Waals surface area contributed by atoms with E-state index in [2.05, 4.69) is 63.8 Å². The Labute approximate surface area is 667 Å². The molecule has 0 aromatic heterocycles. The number of benzene rings is 4.